The quantitative estimate of drug-likeness (QED) is 0.617. The van der Waals surface area contributed by atoms with Crippen LogP contribution in [-0.2, 0) is 6.42 Å². The lowest BCUT2D eigenvalue weighted by atomic mass is 10.2. The maximum absolute atomic E-state index is 12.5. The standard InChI is InChI=1S/C8H4ClF2IN2/c9-7-6(12)5(8(10)11)3-4(14-7)1-2-13/h3,8H,1H2. The lowest BCUT2D eigenvalue weighted by Gasteiger charge is -2.06. The minimum atomic E-state index is -2.60. The number of nitriles is 1. The second-order valence-corrected chi connectivity index (χ2v) is 3.88. The van der Waals surface area contributed by atoms with Crippen molar-refractivity contribution in [3.63, 3.8) is 0 Å². The third kappa shape index (κ3) is 2.51. The molecule has 0 aliphatic rings. The van der Waals surface area contributed by atoms with Gasteiger partial charge in [0.05, 0.1) is 21.8 Å². The van der Waals surface area contributed by atoms with E-state index in [2.05, 4.69) is 4.98 Å². The van der Waals surface area contributed by atoms with Crippen LogP contribution in [0.15, 0.2) is 6.07 Å². The minimum absolute atomic E-state index is 0.0175. The lowest BCUT2D eigenvalue weighted by Crippen LogP contribution is -1.98. The van der Waals surface area contributed by atoms with Crippen LogP contribution in [0.3, 0.4) is 0 Å². The molecule has 1 rings (SSSR count). The van der Waals surface area contributed by atoms with Crippen molar-refractivity contribution in [2.45, 2.75) is 12.8 Å². The first-order chi connectivity index (χ1) is 6.56. The Bertz CT molecular complexity index is 390. The van der Waals surface area contributed by atoms with E-state index in [-0.39, 0.29) is 26.4 Å². The molecule has 74 valence electrons. The summed E-state index contributed by atoms with van der Waals surface area (Å²) >= 11 is 7.35. The maximum atomic E-state index is 12.5. The predicted octanol–water partition coefficient (Wildman–Crippen LogP) is 3.34. The third-order valence-corrected chi connectivity index (χ3v) is 3.22. The molecule has 0 aliphatic heterocycles. The van der Waals surface area contributed by atoms with Gasteiger partial charge in [0.25, 0.3) is 6.43 Å². The van der Waals surface area contributed by atoms with Crippen molar-refractivity contribution < 1.29 is 8.78 Å². The van der Waals surface area contributed by atoms with Crippen LogP contribution >= 0.6 is 34.2 Å². The highest BCUT2D eigenvalue weighted by molar-refractivity contribution is 14.1. The van der Waals surface area contributed by atoms with E-state index in [0.29, 0.717) is 0 Å². The molecule has 6 heteroatoms. The first kappa shape index (κ1) is 11.6. The molecule has 0 saturated carbocycles. The lowest BCUT2D eigenvalue weighted by molar-refractivity contribution is 0.150. The van der Waals surface area contributed by atoms with Gasteiger partial charge in [-0.2, -0.15) is 5.26 Å². The van der Waals surface area contributed by atoms with Crippen molar-refractivity contribution in [1.29, 1.82) is 5.26 Å². The van der Waals surface area contributed by atoms with Crippen LogP contribution in [-0.4, -0.2) is 4.98 Å². The van der Waals surface area contributed by atoms with Gasteiger partial charge < -0.3 is 0 Å². The summed E-state index contributed by atoms with van der Waals surface area (Å²) in [5.41, 5.74) is 0.101. The number of hydrogen-bond donors (Lipinski definition) is 0. The van der Waals surface area contributed by atoms with Gasteiger partial charge in [0.2, 0.25) is 0 Å². The number of aromatic nitrogens is 1. The number of nitrogens with zero attached hydrogens (tertiary/aromatic N) is 2. The molecule has 0 radical (unpaired) electrons. The van der Waals surface area contributed by atoms with E-state index in [4.69, 9.17) is 16.9 Å². The van der Waals surface area contributed by atoms with Crippen molar-refractivity contribution in [2.24, 2.45) is 0 Å². The fraction of sp³-hybridized carbons (Fsp3) is 0.250. The van der Waals surface area contributed by atoms with E-state index in [1.54, 1.807) is 22.6 Å². The molecular formula is C8H4ClF2IN2. The van der Waals surface area contributed by atoms with E-state index >= 15 is 0 Å². The first-order valence-electron chi connectivity index (χ1n) is 3.56. The van der Waals surface area contributed by atoms with E-state index in [0.717, 1.165) is 0 Å². The van der Waals surface area contributed by atoms with Gasteiger partial charge in [-0.1, -0.05) is 11.6 Å². The molecule has 0 bridgehead atoms. The van der Waals surface area contributed by atoms with Gasteiger partial charge in [0.1, 0.15) is 5.15 Å². The number of hydrogen-bond acceptors (Lipinski definition) is 2. The number of halogens is 4. The van der Waals surface area contributed by atoms with Crippen LogP contribution in [0.25, 0.3) is 0 Å². The van der Waals surface area contributed by atoms with Crippen molar-refractivity contribution >= 4 is 34.2 Å². The van der Waals surface area contributed by atoms with Crippen molar-refractivity contribution in [2.75, 3.05) is 0 Å². The molecule has 0 unspecified atom stereocenters. The topological polar surface area (TPSA) is 36.7 Å². The highest BCUT2D eigenvalue weighted by atomic mass is 127. The van der Waals surface area contributed by atoms with Gasteiger partial charge >= 0.3 is 0 Å². The van der Waals surface area contributed by atoms with Crippen molar-refractivity contribution in [3.05, 3.63) is 26.0 Å². The zero-order chi connectivity index (χ0) is 10.7. The molecule has 1 heterocycles. The summed E-state index contributed by atoms with van der Waals surface area (Å²) in [5, 5.41) is 8.41. The summed E-state index contributed by atoms with van der Waals surface area (Å²) < 4.78 is 25.1. The van der Waals surface area contributed by atoms with E-state index in [1.807, 2.05) is 6.07 Å². The van der Waals surface area contributed by atoms with E-state index in [9.17, 15) is 8.78 Å². The summed E-state index contributed by atoms with van der Waals surface area (Å²) in [7, 11) is 0. The Balaban J connectivity index is 3.22. The van der Waals surface area contributed by atoms with Gasteiger partial charge in [0, 0.05) is 5.56 Å². The monoisotopic (exact) mass is 328 g/mol. The van der Waals surface area contributed by atoms with Crippen LogP contribution in [0.5, 0.6) is 0 Å². The van der Waals surface area contributed by atoms with Gasteiger partial charge in [-0.05, 0) is 28.7 Å². The van der Waals surface area contributed by atoms with Crippen molar-refractivity contribution in [1.82, 2.24) is 4.98 Å². The smallest absolute Gasteiger partial charge is 0.239 e. The van der Waals surface area contributed by atoms with Crippen LogP contribution in [0.1, 0.15) is 17.7 Å². The van der Waals surface area contributed by atoms with E-state index < -0.39 is 6.43 Å². The third-order valence-electron chi connectivity index (χ3n) is 1.49. The Morgan fingerprint density at radius 1 is 1.64 bits per heavy atom. The molecule has 0 aliphatic carbocycles. The fourth-order valence-corrected chi connectivity index (χ4v) is 1.63. The van der Waals surface area contributed by atoms with Gasteiger partial charge in [-0.25, -0.2) is 13.8 Å². The normalized spacial score (nSPS) is 10.3. The molecule has 1 aromatic heterocycles. The minimum Gasteiger partial charge on any atom is -0.239 e. The summed E-state index contributed by atoms with van der Waals surface area (Å²) in [6, 6.07) is 3.04. The van der Waals surface area contributed by atoms with Crippen LogP contribution in [0, 0.1) is 14.9 Å². The molecule has 1 aromatic rings. The Hall–Kier alpha value is -0.480. The van der Waals surface area contributed by atoms with E-state index in [1.165, 1.54) is 6.07 Å². The SMILES string of the molecule is N#CCc1cc(C(F)F)c(I)c(Cl)n1. The maximum Gasteiger partial charge on any atom is 0.265 e. The van der Waals surface area contributed by atoms with Crippen molar-refractivity contribution in [3.8, 4) is 6.07 Å². The molecule has 2 nitrogen and oxygen atoms in total. The second kappa shape index (κ2) is 4.84. The van der Waals surface area contributed by atoms with Crippen LogP contribution in [0.2, 0.25) is 5.15 Å². The Kier molecular flexibility index (Phi) is 4.01. The highest BCUT2D eigenvalue weighted by Crippen LogP contribution is 2.29. The molecule has 0 aromatic carbocycles. The van der Waals surface area contributed by atoms with Gasteiger partial charge in [-0.15, -0.1) is 0 Å². The summed E-state index contributed by atoms with van der Waals surface area (Å²) in [6.07, 6.45) is -2.61. The summed E-state index contributed by atoms with van der Waals surface area (Å²) in [5.74, 6) is 0. The summed E-state index contributed by atoms with van der Waals surface area (Å²) in [4.78, 5) is 3.81. The largest absolute Gasteiger partial charge is 0.265 e. The molecule has 0 atom stereocenters. The molecule has 0 amide bonds. The Morgan fingerprint density at radius 2 is 2.29 bits per heavy atom. The molecule has 0 fully saturated rings. The molecule has 14 heavy (non-hydrogen) atoms. The Labute approximate surface area is 98.0 Å². The zero-order valence-corrected chi connectivity index (χ0v) is 9.68. The number of rotatable bonds is 2. The molecule has 0 spiro atoms. The van der Waals surface area contributed by atoms with Gasteiger partial charge in [0.15, 0.2) is 0 Å². The molecule has 0 saturated heterocycles. The molecule has 0 N–H and O–H groups in total. The Morgan fingerprint density at radius 3 is 2.79 bits per heavy atom. The zero-order valence-electron chi connectivity index (χ0n) is 6.77. The van der Waals surface area contributed by atoms with Crippen LogP contribution < -0.4 is 0 Å². The van der Waals surface area contributed by atoms with Gasteiger partial charge in [-0.3, -0.25) is 0 Å². The fourth-order valence-electron chi connectivity index (χ4n) is 0.900. The highest BCUT2D eigenvalue weighted by Gasteiger charge is 2.16. The summed E-state index contributed by atoms with van der Waals surface area (Å²) in [6.45, 7) is 0. The second-order valence-electron chi connectivity index (χ2n) is 2.44. The first-order valence-corrected chi connectivity index (χ1v) is 5.02. The average molecular weight is 328 g/mol. The molecular weight excluding hydrogens is 324 g/mol. The predicted molar refractivity (Wildman–Crippen MR) is 56.2 cm³/mol. The number of alkyl halides is 2. The van der Waals surface area contributed by atoms with Crippen LogP contribution in [0.4, 0.5) is 8.78 Å². The number of pyridine rings is 1. The average Bonchev–Trinajstić information content (AvgIpc) is 2.11.